The first-order valence-electron chi connectivity index (χ1n) is 8.07. The first-order chi connectivity index (χ1) is 11.4. The summed E-state index contributed by atoms with van der Waals surface area (Å²) >= 11 is 0. The molecular weight excluding hydrogens is 282 g/mol. The zero-order valence-electron chi connectivity index (χ0n) is 13.2. The minimum atomic E-state index is 0.279. The molecule has 0 atom stereocenters. The average molecular weight is 303 g/mol. The highest BCUT2D eigenvalue weighted by Crippen LogP contribution is 2.24. The van der Waals surface area contributed by atoms with Crippen LogP contribution in [0.25, 0.3) is 22.3 Å². The molecule has 0 aliphatic rings. The van der Waals surface area contributed by atoms with E-state index in [1.165, 1.54) is 22.3 Å². The van der Waals surface area contributed by atoms with E-state index in [4.69, 9.17) is 5.11 Å². The van der Waals surface area contributed by atoms with E-state index < -0.39 is 0 Å². The predicted molar refractivity (Wildman–Crippen MR) is 95.1 cm³/mol. The quantitative estimate of drug-likeness (QED) is 0.668. The lowest BCUT2D eigenvalue weighted by molar-refractivity contribution is 0.284. The molecule has 116 valence electrons. The molecule has 0 saturated heterocycles. The van der Waals surface area contributed by atoms with E-state index in [2.05, 4.69) is 59.6 Å². The van der Waals surface area contributed by atoms with Gasteiger partial charge in [-0.3, -0.25) is 4.98 Å². The van der Waals surface area contributed by atoms with Crippen LogP contribution in [0.5, 0.6) is 0 Å². The molecule has 0 bridgehead atoms. The SMILES string of the molecule is OCCCCc1ccc(-c2ccc(-c3cccnc3)cc2)cc1. The Morgan fingerprint density at radius 3 is 1.87 bits per heavy atom. The van der Waals surface area contributed by atoms with Crippen LogP contribution < -0.4 is 0 Å². The molecule has 2 aromatic carbocycles. The highest BCUT2D eigenvalue weighted by molar-refractivity contribution is 5.70. The number of benzene rings is 2. The van der Waals surface area contributed by atoms with E-state index in [0.717, 1.165) is 24.8 Å². The molecule has 1 aromatic heterocycles. The minimum Gasteiger partial charge on any atom is -0.396 e. The van der Waals surface area contributed by atoms with Crippen LogP contribution in [0.2, 0.25) is 0 Å². The lowest BCUT2D eigenvalue weighted by Crippen LogP contribution is -1.88. The molecule has 0 spiro atoms. The Bertz CT molecular complexity index is 718. The lowest BCUT2D eigenvalue weighted by atomic mass is 9.99. The molecule has 2 nitrogen and oxygen atoms in total. The number of aryl methyl sites for hydroxylation is 1. The van der Waals surface area contributed by atoms with Crippen LogP contribution in [0.3, 0.4) is 0 Å². The normalized spacial score (nSPS) is 10.7. The third kappa shape index (κ3) is 4.05. The van der Waals surface area contributed by atoms with Crippen molar-refractivity contribution in [2.45, 2.75) is 19.3 Å². The van der Waals surface area contributed by atoms with Gasteiger partial charge in [-0.2, -0.15) is 0 Å². The van der Waals surface area contributed by atoms with E-state index in [0.29, 0.717) is 0 Å². The molecular formula is C21H21NO. The van der Waals surface area contributed by atoms with Crippen molar-refractivity contribution in [1.82, 2.24) is 4.98 Å². The summed E-state index contributed by atoms with van der Waals surface area (Å²) in [5.74, 6) is 0. The van der Waals surface area contributed by atoms with Crippen LogP contribution >= 0.6 is 0 Å². The lowest BCUT2D eigenvalue weighted by Gasteiger charge is -2.06. The Kier molecular flexibility index (Phi) is 5.17. The topological polar surface area (TPSA) is 33.1 Å². The number of hydrogen-bond donors (Lipinski definition) is 1. The summed E-state index contributed by atoms with van der Waals surface area (Å²) < 4.78 is 0. The zero-order valence-corrected chi connectivity index (χ0v) is 13.2. The van der Waals surface area contributed by atoms with Gasteiger partial charge in [0.1, 0.15) is 0 Å². The van der Waals surface area contributed by atoms with Gasteiger partial charge in [0.25, 0.3) is 0 Å². The summed E-state index contributed by atoms with van der Waals surface area (Å²) in [4.78, 5) is 4.17. The first kappa shape index (κ1) is 15.4. The predicted octanol–water partition coefficient (Wildman–Crippen LogP) is 4.73. The summed E-state index contributed by atoms with van der Waals surface area (Å²) in [6.07, 6.45) is 6.62. The minimum absolute atomic E-state index is 0.279. The largest absolute Gasteiger partial charge is 0.396 e. The highest BCUT2D eigenvalue weighted by atomic mass is 16.2. The van der Waals surface area contributed by atoms with Gasteiger partial charge in [-0.25, -0.2) is 0 Å². The molecule has 0 radical (unpaired) electrons. The van der Waals surface area contributed by atoms with Crippen LogP contribution in [0.4, 0.5) is 0 Å². The maximum absolute atomic E-state index is 8.84. The fourth-order valence-electron chi connectivity index (χ4n) is 2.69. The molecule has 1 N–H and O–H groups in total. The second kappa shape index (κ2) is 7.70. The second-order valence-electron chi connectivity index (χ2n) is 5.70. The molecule has 1 heterocycles. The number of unbranched alkanes of at least 4 members (excludes halogenated alkanes) is 1. The number of pyridine rings is 1. The van der Waals surface area contributed by atoms with Gasteiger partial charge >= 0.3 is 0 Å². The van der Waals surface area contributed by atoms with Gasteiger partial charge in [-0.1, -0.05) is 54.6 Å². The van der Waals surface area contributed by atoms with Gasteiger partial charge in [0, 0.05) is 19.0 Å². The van der Waals surface area contributed by atoms with Gasteiger partial charge in [0.05, 0.1) is 0 Å². The van der Waals surface area contributed by atoms with E-state index in [1.54, 1.807) is 6.20 Å². The zero-order chi connectivity index (χ0) is 15.9. The smallest absolute Gasteiger partial charge is 0.0431 e. The van der Waals surface area contributed by atoms with Crippen molar-refractivity contribution >= 4 is 0 Å². The van der Waals surface area contributed by atoms with Crippen molar-refractivity contribution in [3.8, 4) is 22.3 Å². The molecule has 3 aromatic rings. The van der Waals surface area contributed by atoms with Crippen molar-refractivity contribution in [3.63, 3.8) is 0 Å². The van der Waals surface area contributed by atoms with E-state index in [1.807, 2.05) is 12.3 Å². The summed E-state index contributed by atoms with van der Waals surface area (Å²) in [5, 5.41) is 8.84. The van der Waals surface area contributed by atoms with Crippen molar-refractivity contribution in [1.29, 1.82) is 0 Å². The van der Waals surface area contributed by atoms with Gasteiger partial charge in [0.2, 0.25) is 0 Å². The standard InChI is InChI=1S/C21H21NO/c23-15-2-1-4-17-6-8-18(9-7-17)19-10-12-20(13-11-19)21-5-3-14-22-16-21/h3,5-14,16,23H,1-2,4,15H2. The molecule has 0 unspecified atom stereocenters. The maximum Gasteiger partial charge on any atom is 0.0431 e. The molecule has 0 fully saturated rings. The molecule has 2 heteroatoms. The van der Waals surface area contributed by atoms with Crippen molar-refractivity contribution in [3.05, 3.63) is 78.6 Å². The summed E-state index contributed by atoms with van der Waals surface area (Å²) in [5.41, 5.74) is 6.10. The van der Waals surface area contributed by atoms with Crippen LogP contribution in [0, 0.1) is 0 Å². The molecule has 0 saturated carbocycles. The highest BCUT2D eigenvalue weighted by Gasteiger charge is 2.01. The Morgan fingerprint density at radius 1 is 0.696 bits per heavy atom. The van der Waals surface area contributed by atoms with E-state index in [-0.39, 0.29) is 6.61 Å². The number of rotatable bonds is 6. The number of nitrogens with zero attached hydrogens (tertiary/aromatic N) is 1. The summed E-state index contributed by atoms with van der Waals surface area (Å²) in [6, 6.07) is 21.3. The molecule has 0 aliphatic heterocycles. The fraction of sp³-hybridized carbons (Fsp3) is 0.190. The van der Waals surface area contributed by atoms with Crippen LogP contribution in [-0.4, -0.2) is 16.7 Å². The Morgan fingerprint density at radius 2 is 1.30 bits per heavy atom. The van der Waals surface area contributed by atoms with Gasteiger partial charge < -0.3 is 5.11 Å². The monoisotopic (exact) mass is 303 g/mol. The molecule has 0 amide bonds. The Labute approximate surface area is 137 Å². The molecule has 3 rings (SSSR count). The maximum atomic E-state index is 8.84. The Balaban J connectivity index is 1.72. The average Bonchev–Trinajstić information content (AvgIpc) is 2.63. The van der Waals surface area contributed by atoms with Crippen LogP contribution in [0.1, 0.15) is 18.4 Å². The van der Waals surface area contributed by atoms with Crippen LogP contribution in [-0.2, 0) is 6.42 Å². The van der Waals surface area contributed by atoms with E-state index >= 15 is 0 Å². The summed E-state index contributed by atoms with van der Waals surface area (Å²) in [7, 11) is 0. The summed E-state index contributed by atoms with van der Waals surface area (Å²) in [6.45, 7) is 0.279. The van der Waals surface area contributed by atoms with Gasteiger partial charge in [0.15, 0.2) is 0 Å². The number of aliphatic hydroxyl groups excluding tert-OH is 1. The van der Waals surface area contributed by atoms with Crippen molar-refractivity contribution < 1.29 is 5.11 Å². The third-order valence-corrected chi connectivity index (χ3v) is 4.04. The third-order valence-electron chi connectivity index (χ3n) is 4.04. The second-order valence-corrected chi connectivity index (χ2v) is 5.70. The van der Waals surface area contributed by atoms with Gasteiger partial charge in [-0.05, 0) is 53.1 Å². The van der Waals surface area contributed by atoms with Crippen molar-refractivity contribution in [2.24, 2.45) is 0 Å². The van der Waals surface area contributed by atoms with E-state index in [9.17, 15) is 0 Å². The first-order valence-corrected chi connectivity index (χ1v) is 8.07. The number of aromatic nitrogens is 1. The van der Waals surface area contributed by atoms with Crippen molar-refractivity contribution in [2.75, 3.05) is 6.61 Å². The van der Waals surface area contributed by atoms with Crippen LogP contribution in [0.15, 0.2) is 73.1 Å². The number of aliphatic hydroxyl groups is 1. The fourth-order valence-corrected chi connectivity index (χ4v) is 2.69. The Hall–Kier alpha value is -2.45. The number of hydrogen-bond acceptors (Lipinski definition) is 2. The molecule has 0 aliphatic carbocycles. The molecule has 23 heavy (non-hydrogen) atoms. The van der Waals surface area contributed by atoms with Gasteiger partial charge in [-0.15, -0.1) is 0 Å².